The zero-order valence-corrected chi connectivity index (χ0v) is 17.0. The third-order valence-electron chi connectivity index (χ3n) is 5.42. The molecular weight excluding hydrogens is 413 g/mol. The van der Waals surface area contributed by atoms with Gasteiger partial charge in [0.2, 0.25) is 11.9 Å². The van der Waals surface area contributed by atoms with E-state index in [1.165, 1.54) is 10.6 Å². The number of nitrogen functional groups attached to an aromatic ring is 1. The fourth-order valence-electron chi connectivity index (χ4n) is 3.67. The molecule has 0 aliphatic carbocycles. The molecule has 0 spiro atoms. The lowest BCUT2D eigenvalue weighted by Gasteiger charge is -2.35. The quantitative estimate of drug-likeness (QED) is 0.668. The Balaban J connectivity index is 1.41. The van der Waals surface area contributed by atoms with Crippen LogP contribution in [0.1, 0.15) is 22.5 Å². The zero-order chi connectivity index (χ0) is 22.3. The van der Waals surface area contributed by atoms with E-state index in [1.54, 1.807) is 4.90 Å². The number of amides is 1. The number of hydrogen-bond acceptors (Lipinski definition) is 7. The summed E-state index contributed by atoms with van der Waals surface area (Å²) in [5, 5.41) is 4.11. The molecule has 3 aromatic rings. The summed E-state index contributed by atoms with van der Waals surface area (Å²) in [5.74, 6) is 0.915. The Labute approximate surface area is 175 Å². The summed E-state index contributed by atoms with van der Waals surface area (Å²) in [7, 11) is 0. The zero-order valence-electron chi connectivity index (χ0n) is 17.0. The standard InChI is InChI=1S/C19H21F3N8O/c1-11-14(12(2)30-18(25-11)26-17(23)27-30)9-16(31)29-7-5-28(6-8-29)15-4-3-13(10-24-15)19(20,21)22/h3-4,10H,5-9H2,1-2H3,(H2,23,27). The molecule has 31 heavy (non-hydrogen) atoms. The Hall–Kier alpha value is -3.44. The fourth-order valence-corrected chi connectivity index (χ4v) is 3.67. The molecule has 9 nitrogen and oxygen atoms in total. The van der Waals surface area contributed by atoms with Crippen molar-refractivity contribution in [3.63, 3.8) is 0 Å². The summed E-state index contributed by atoms with van der Waals surface area (Å²) >= 11 is 0. The minimum Gasteiger partial charge on any atom is -0.366 e. The van der Waals surface area contributed by atoms with Crippen LogP contribution in [0, 0.1) is 13.8 Å². The predicted molar refractivity (Wildman–Crippen MR) is 106 cm³/mol. The largest absolute Gasteiger partial charge is 0.417 e. The number of carbonyl (C=O) groups is 1. The van der Waals surface area contributed by atoms with Gasteiger partial charge in [-0.3, -0.25) is 4.79 Å². The van der Waals surface area contributed by atoms with Gasteiger partial charge >= 0.3 is 6.18 Å². The average Bonchev–Trinajstić information content (AvgIpc) is 3.11. The number of halogens is 3. The molecule has 0 atom stereocenters. The average molecular weight is 434 g/mol. The SMILES string of the molecule is Cc1nc2nc(N)nn2c(C)c1CC(=O)N1CCN(c2ccc(C(F)(F)F)cn2)CC1. The molecule has 2 N–H and O–H groups in total. The first kappa shape index (κ1) is 20.8. The first-order chi connectivity index (χ1) is 14.6. The van der Waals surface area contributed by atoms with E-state index < -0.39 is 11.7 Å². The van der Waals surface area contributed by atoms with Gasteiger partial charge in [-0.15, -0.1) is 5.10 Å². The molecule has 1 saturated heterocycles. The highest BCUT2D eigenvalue weighted by Gasteiger charge is 2.31. The van der Waals surface area contributed by atoms with Gasteiger partial charge in [-0.05, 0) is 26.0 Å². The van der Waals surface area contributed by atoms with E-state index in [4.69, 9.17) is 5.73 Å². The van der Waals surface area contributed by atoms with Crippen LogP contribution >= 0.6 is 0 Å². The number of alkyl halides is 3. The second kappa shape index (κ2) is 7.67. The Morgan fingerprint density at radius 3 is 2.45 bits per heavy atom. The molecule has 12 heteroatoms. The number of rotatable bonds is 3. The number of hydrogen-bond donors (Lipinski definition) is 1. The van der Waals surface area contributed by atoms with E-state index >= 15 is 0 Å². The van der Waals surface area contributed by atoms with Crippen LogP contribution in [-0.2, 0) is 17.4 Å². The molecule has 1 aliphatic rings. The van der Waals surface area contributed by atoms with E-state index in [9.17, 15) is 18.0 Å². The highest BCUT2D eigenvalue weighted by Crippen LogP contribution is 2.29. The monoisotopic (exact) mass is 434 g/mol. The number of aryl methyl sites for hydroxylation is 2. The smallest absolute Gasteiger partial charge is 0.366 e. The second-order valence-corrected chi connectivity index (χ2v) is 7.39. The van der Waals surface area contributed by atoms with Gasteiger partial charge < -0.3 is 15.5 Å². The molecule has 4 heterocycles. The maximum Gasteiger partial charge on any atom is 0.417 e. The first-order valence-electron chi connectivity index (χ1n) is 9.68. The van der Waals surface area contributed by atoms with Gasteiger partial charge in [0, 0.05) is 49.3 Å². The van der Waals surface area contributed by atoms with Gasteiger partial charge in [0.05, 0.1) is 12.0 Å². The van der Waals surface area contributed by atoms with Crippen molar-refractivity contribution in [3.8, 4) is 0 Å². The van der Waals surface area contributed by atoms with E-state index in [-0.39, 0.29) is 18.3 Å². The minimum atomic E-state index is -4.41. The molecular formula is C19H21F3N8O. The van der Waals surface area contributed by atoms with E-state index in [0.29, 0.717) is 43.5 Å². The van der Waals surface area contributed by atoms with Crippen LogP contribution in [0.25, 0.3) is 5.78 Å². The Bertz CT molecular complexity index is 1120. The van der Waals surface area contributed by atoms with Gasteiger partial charge in [0.25, 0.3) is 5.78 Å². The highest BCUT2D eigenvalue weighted by atomic mass is 19.4. The molecule has 0 aromatic carbocycles. The summed E-state index contributed by atoms with van der Waals surface area (Å²) in [6.45, 7) is 5.52. The number of fused-ring (bicyclic) bond motifs is 1. The van der Waals surface area contributed by atoms with Gasteiger partial charge in [0.1, 0.15) is 5.82 Å². The fraction of sp³-hybridized carbons (Fsp3) is 0.421. The number of nitrogens with zero attached hydrogens (tertiary/aromatic N) is 7. The van der Waals surface area contributed by atoms with E-state index in [1.807, 2.05) is 18.7 Å². The molecule has 1 aliphatic heterocycles. The molecule has 164 valence electrons. The van der Waals surface area contributed by atoms with E-state index in [2.05, 4.69) is 20.1 Å². The Morgan fingerprint density at radius 1 is 1.13 bits per heavy atom. The van der Waals surface area contributed by atoms with Crippen molar-refractivity contribution in [1.29, 1.82) is 0 Å². The van der Waals surface area contributed by atoms with Crippen LogP contribution in [-0.4, -0.2) is 61.6 Å². The molecule has 1 amide bonds. The summed E-state index contributed by atoms with van der Waals surface area (Å²) in [6.07, 6.45) is -3.42. The number of aromatic nitrogens is 5. The predicted octanol–water partition coefficient (Wildman–Crippen LogP) is 1.63. The van der Waals surface area contributed by atoms with Gasteiger partial charge in [-0.25, -0.2) is 9.97 Å². The van der Waals surface area contributed by atoms with Crippen molar-refractivity contribution >= 4 is 23.5 Å². The maximum absolute atomic E-state index is 12.9. The topological polar surface area (TPSA) is 106 Å². The number of piperazine rings is 1. The Kier molecular flexibility index (Phi) is 5.15. The normalized spacial score (nSPS) is 15.0. The summed E-state index contributed by atoms with van der Waals surface area (Å²) in [5.41, 5.74) is 7.09. The Morgan fingerprint density at radius 2 is 1.84 bits per heavy atom. The van der Waals surface area contributed by atoms with Crippen LogP contribution in [0.5, 0.6) is 0 Å². The lowest BCUT2D eigenvalue weighted by molar-refractivity contribution is -0.137. The van der Waals surface area contributed by atoms with Gasteiger partial charge in [-0.2, -0.15) is 22.7 Å². The lowest BCUT2D eigenvalue weighted by Crippen LogP contribution is -2.49. The minimum absolute atomic E-state index is 0.0551. The van der Waals surface area contributed by atoms with Crippen molar-refractivity contribution in [2.75, 3.05) is 36.8 Å². The maximum atomic E-state index is 12.9. The van der Waals surface area contributed by atoms with Crippen LogP contribution in [0.15, 0.2) is 18.3 Å². The number of anilines is 2. The van der Waals surface area contributed by atoms with Crippen LogP contribution < -0.4 is 10.6 Å². The van der Waals surface area contributed by atoms with Crippen molar-refractivity contribution in [3.05, 3.63) is 40.8 Å². The molecule has 0 radical (unpaired) electrons. The molecule has 1 fully saturated rings. The van der Waals surface area contributed by atoms with Crippen molar-refractivity contribution < 1.29 is 18.0 Å². The molecule has 3 aromatic heterocycles. The van der Waals surface area contributed by atoms with Crippen LogP contribution in [0.4, 0.5) is 24.9 Å². The van der Waals surface area contributed by atoms with Gasteiger partial charge in [-0.1, -0.05) is 0 Å². The number of nitrogens with two attached hydrogens (primary N) is 1. The number of carbonyl (C=O) groups excluding carboxylic acids is 1. The molecule has 0 saturated carbocycles. The van der Waals surface area contributed by atoms with Crippen molar-refractivity contribution in [2.45, 2.75) is 26.4 Å². The molecule has 4 rings (SSSR count). The van der Waals surface area contributed by atoms with Crippen LogP contribution in [0.2, 0.25) is 0 Å². The lowest BCUT2D eigenvalue weighted by atomic mass is 10.1. The third-order valence-corrected chi connectivity index (χ3v) is 5.42. The van der Waals surface area contributed by atoms with Crippen LogP contribution in [0.3, 0.4) is 0 Å². The third kappa shape index (κ3) is 4.09. The summed E-state index contributed by atoms with van der Waals surface area (Å²) < 4.78 is 39.7. The molecule has 0 unspecified atom stereocenters. The summed E-state index contributed by atoms with van der Waals surface area (Å²) in [6, 6.07) is 2.38. The van der Waals surface area contributed by atoms with Crippen molar-refractivity contribution in [1.82, 2.24) is 29.5 Å². The number of pyridine rings is 1. The first-order valence-corrected chi connectivity index (χ1v) is 9.68. The van der Waals surface area contributed by atoms with Gasteiger partial charge in [0.15, 0.2) is 0 Å². The van der Waals surface area contributed by atoms with E-state index in [0.717, 1.165) is 23.5 Å². The summed E-state index contributed by atoms with van der Waals surface area (Å²) in [4.78, 5) is 28.8. The van der Waals surface area contributed by atoms with Crippen molar-refractivity contribution in [2.24, 2.45) is 0 Å². The molecule has 0 bridgehead atoms. The second-order valence-electron chi connectivity index (χ2n) is 7.39. The highest BCUT2D eigenvalue weighted by molar-refractivity contribution is 5.79.